The minimum absolute atomic E-state index is 0.235. The predicted molar refractivity (Wildman–Crippen MR) is 54.1 cm³/mol. The quantitative estimate of drug-likeness (QED) is 0.567. The van der Waals surface area contributed by atoms with Gasteiger partial charge in [-0.25, -0.2) is 0 Å². The Morgan fingerprint density at radius 3 is 2.86 bits per heavy atom. The van der Waals surface area contributed by atoms with E-state index in [1.54, 1.807) is 19.3 Å². The smallest absolute Gasteiger partial charge is 0.310 e. The van der Waals surface area contributed by atoms with Crippen LogP contribution in [0.5, 0.6) is 0 Å². The maximum absolute atomic E-state index is 11.1. The summed E-state index contributed by atoms with van der Waals surface area (Å²) in [5, 5.41) is 0. The van der Waals surface area contributed by atoms with E-state index in [4.69, 9.17) is 16.3 Å². The van der Waals surface area contributed by atoms with Gasteiger partial charge in [0.25, 0.3) is 0 Å². The van der Waals surface area contributed by atoms with Gasteiger partial charge in [-0.3, -0.25) is 9.78 Å². The molecule has 1 aromatic heterocycles. The van der Waals surface area contributed by atoms with Gasteiger partial charge in [0, 0.05) is 18.3 Å². The second-order valence-electron chi connectivity index (χ2n) is 2.82. The van der Waals surface area contributed by atoms with Gasteiger partial charge >= 0.3 is 5.97 Å². The third-order valence-corrected chi connectivity index (χ3v) is 1.97. The molecule has 0 aliphatic rings. The first-order chi connectivity index (χ1) is 6.76. The van der Waals surface area contributed by atoms with Crippen molar-refractivity contribution in [2.45, 2.75) is 19.2 Å². The molecule has 0 atom stereocenters. The van der Waals surface area contributed by atoms with E-state index in [9.17, 15) is 4.79 Å². The SMILES string of the molecule is CCOC(=O)Cc1cncc(CCl)c1. The van der Waals surface area contributed by atoms with E-state index in [1.807, 2.05) is 6.07 Å². The lowest BCUT2D eigenvalue weighted by Gasteiger charge is -2.02. The van der Waals surface area contributed by atoms with Crippen molar-refractivity contribution >= 4 is 17.6 Å². The zero-order valence-corrected chi connectivity index (χ0v) is 8.75. The first-order valence-corrected chi connectivity index (χ1v) is 4.94. The van der Waals surface area contributed by atoms with Crippen LogP contribution in [0.2, 0.25) is 0 Å². The van der Waals surface area contributed by atoms with Gasteiger partial charge in [-0.05, 0) is 18.1 Å². The lowest BCUT2D eigenvalue weighted by molar-refractivity contribution is -0.142. The molecular weight excluding hydrogens is 202 g/mol. The summed E-state index contributed by atoms with van der Waals surface area (Å²) >= 11 is 5.64. The summed E-state index contributed by atoms with van der Waals surface area (Å²) < 4.78 is 4.82. The molecule has 0 spiro atoms. The van der Waals surface area contributed by atoms with Gasteiger partial charge in [-0.1, -0.05) is 6.07 Å². The van der Waals surface area contributed by atoms with Crippen LogP contribution >= 0.6 is 11.6 Å². The number of hydrogen-bond donors (Lipinski definition) is 0. The second-order valence-corrected chi connectivity index (χ2v) is 3.08. The Bertz CT molecular complexity index is 315. The van der Waals surface area contributed by atoms with E-state index in [0.29, 0.717) is 12.5 Å². The van der Waals surface area contributed by atoms with E-state index >= 15 is 0 Å². The van der Waals surface area contributed by atoms with Crippen molar-refractivity contribution in [3.05, 3.63) is 29.6 Å². The maximum Gasteiger partial charge on any atom is 0.310 e. The standard InChI is InChI=1S/C10H12ClNO2/c1-2-14-10(13)4-8-3-9(5-11)7-12-6-8/h3,6-7H,2,4-5H2,1H3. The molecule has 0 saturated heterocycles. The fourth-order valence-electron chi connectivity index (χ4n) is 1.09. The normalized spacial score (nSPS) is 9.86. The van der Waals surface area contributed by atoms with Crippen molar-refractivity contribution < 1.29 is 9.53 Å². The minimum Gasteiger partial charge on any atom is -0.466 e. The first-order valence-electron chi connectivity index (χ1n) is 4.40. The Morgan fingerprint density at radius 1 is 1.50 bits per heavy atom. The van der Waals surface area contributed by atoms with Crippen LogP contribution in [0, 0.1) is 0 Å². The summed E-state index contributed by atoms with van der Waals surface area (Å²) in [5.41, 5.74) is 1.75. The van der Waals surface area contributed by atoms with Crippen molar-refractivity contribution in [3.8, 4) is 0 Å². The maximum atomic E-state index is 11.1. The second kappa shape index (κ2) is 5.60. The zero-order chi connectivity index (χ0) is 10.4. The first kappa shape index (κ1) is 11.0. The van der Waals surface area contributed by atoms with Crippen molar-refractivity contribution in [2.75, 3.05) is 6.61 Å². The van der Waals surface area contributed by atoms with Crippen molar-refractivity contribution in [1.29, 1.82) is 0 Å². The highest BCUT2D eigenvalue weighted by molar-refractivity contribution is 6.17. The van der Waals surface area contributed by atoms with Crippen LogP contribution in [-0.4, -0.2) is 17.6 Å². The number of alkyl halides is 1. The number of nitrogens with zero attached hydrogens (tertiary/aromatic N) is 1. The summed E-state index contributed by atoms with van der Waals surface area (Å²) in [6.45, 7) is 2.19. The third-order valence-electron chi connectivity index (χ3n) is 1.66. The summed E-state index contributed by atoms with van der Waals surface area (Å²) in [4.78, 5) is 15.1. The van der Waals surface area contributed by atoms with Crippen LogP contribution in [0.25, 0.3) is 0 Å². The molecule has 3 nitrogen and oxygen atoms in total. The number of hydrogen-bond acceptors (Lipinski definition) is 3. The van der Waals surface area contributed by atoms with Crippen LogP contribution in [0.3, 0.4) is 0 Å². The highest BCUT2D eigenvalue weighted by Gasteiger charge is 2.04. The highest BCUT2D eigenvalue weighted by Crippen LogP contribution is 2.06. The molecule has 76 valence electrons. The molecule has 4 heteroatoms. The van der Waals surface area contributed by atoms with Gasteiger partial charge in [-0.2, -0.15) is 0 Å². The number of carbonyl (C=O) groups excluding carboxylic acids is 1. The van der Waals surface area contributed by atoms with Gasteiger partial charge in [0.1, 0.15) is 0 Å². The van der Waals surface area contributed by atoms with E-state index in [1.165, 1.54) is 0 Å². The Morgan fingerprint density at radius 2 is 2.21 bits per heavy atom. The Balaban J connectivity index is 2.62. The summed E-state index contributed by atoms with van der Waals surface area (Å²) in [6, 6.07) is 1.86. The fourth-order valence-corrected chi connectivity index (χ4v) is 1.24. The van der Waals surface area contributed by atoms with E-state index in [2.05, 4.69) is 4.98 Å². The van der Waals surface area contributed by atoms with Crippen LogP contribution in [0.1, 0.15) is 18.1 Å². The molecule has 0 aliphatic carbocycles. The average molecular weight is 214 g/mol. The Hall–Kier alpha value is -1.09. The molecule has 1 aromatic rings. The number of halogens is 1. The fraction of sp³-hybridized carbons (Fsp3) is 0.400. The lowest BCUT2D eigenvalue weighted by Crippen LogP contribution is -2.07. The zero-order valence-electron chi connectivity index (χ0n) is 8.00. The van der Waals surface area contributed by atoms with Gasteiger partial charge in [0.05, 0.1) is 13.0 Å². The molecule has 14 heavy (non-hydrogen) atoms. The molecule has 1 heterocycles. The molecule has 0 fully saturated rings. The van der Waals surface area contributed by atoms with Gasteiger partial charge in [0.15, 0.2) is 0 Å². The Labute approximate surface area is 88.1 Å². The summed E-state index contributed by atoms with van der Waals surface area (Å²) in [7, 11) is 0. The number of esters is 1. The summed E-state index contributed by atoms with van der Waals surface area (Å²) in [6.07, 6.45) is 3.58. The lowest BCUT2D eigenvalue weighted by atomic mass is 10.2. The van der Waals surface area contributed by atoms with Crippen LogP contribution < -0.4 is 0 Å². The molecule has 0 radical (unpaired) electrons. The average Bonchev–Trinajstić information content (AvgIpc) is 2.18. The molecule has 0 aliphatic heterocycles. The van der Waals surface area contributed by atoms with Crippen LogP contribution in [-0.2, 0) is 21.8 Å². The molecule has 0 saturated carbocycles. The predicted octanol–water partition coefficient (Wildman–Crippen LogP) is 1.93. The number of pyridine rings is 1. The van der Waals surface area contributed by atoms with Crippen molar-refractivity contribution in [3.63, 3.8) is 0 Å². The molecule has 0 unspecified atom stereocenters. The van der Waals surface area contributed by atoms with Crippen molar-refractivity contribution in [2.24, 2.45) is 0 Å². The van der Waals surface area contributed by atoms with E-state index in [0.717, 1.165) is 11.1 Å². The molecule has 0 N–H and O–H groups in total. The monoisotopic (exact) mass is 213 g/mol. The van der Waals surface area contributed by atoms with E-state index < -0.39 is 0 Å². The number of carbonyl (C=O) groups is 1. The minimum atomic E-state index is -0.235. The molecule has 0 bridgehead atoms. The van der Waals surface area contributed by atoms with Crippen LogP contribution in [0.4, 0.5) is 0 Å². The topological polar surface area (TPSA) is 39.2 Å². The van der Waals surface area contributed by atoms with Crippen molar-refractivity contribution in [1.82, 2.24) is 4.98 Å². The largest absolute Gasteiger partial charge is 0.466 e. The summed E-state index contributed by atoms with van der Waals surface area (Å²) in [5.74, 6) is 0.171. The molecule has 0 amide bonds. The molecule has 1 rings (SSSR count). The number of ether oxygens (including phenoxy) is 1. The Kier molecular flexibility index (Phi) is 4.40. The van der Waals surface area contributed by atoms with Gasteiger partial charge in [0.2, 0.25) is 0 Å². The van der Waals surface area contributed by atoms with Crippen LogP contribution in [0.15, 0.2) is 18.5 Å². The van der Waals surface area contributed by atoms with Gasteiger partial charge in [-0.15, -0.1) is 11.6 Å². The van der Waals surface area contributed by atoms with Gasteiger partial charge < -0.3 is 4.74 Å². The molecule has 0 aromatic carbocycles. The number of rotatable bonds is 4. The molecular formula is C10H12ClNO2. The van der Waals surface area contributed by atoms with E-state index in [-0.39, 0.29) is 12.4 Å². The third kappa shape index (κ3) is 3.34. The highest BCUT2D eigenvalue weighted by atomic mass is 35.5. The number of aromatic nitrogens is 1.